The lowest BCUT2D eigenvalue weighted by molar-refractivity contribution is 0.213. The molecule has 16 heavy (non-hydrogen) atoms. The van der Waals surface area contributed by atoms with Crippen molar-refractivity contribution in [2.75, 3.05) is 20.1 Å². The summed E-state index contributed by atoms with van der Waals surface area (Å²) >= 11 is 0. The third-order valence-electron chi connectivity index (χ3n) is 4.04. The van der Waals surface area contributed by atoms with Gasteiger partial charge in [-0.1, -0.05) is 36.4 Å². The van der Waals surface area contributed by atoms with Crippen molar-refractivity contribution in [3.05, 3.63) is 47.5 Å². The average molecular weight is 213 g/mol. The van der Waals surface area contributed by atoms with E-state index in [0.717, 1.165) is 18.3 Å². The van der Waals surface area contributed by atoms with Gasteiger partial charge in [0.1, 0.15) is 0 Å². The molecule has 1 heteroatoms. The van der Waals surface area contributed by atoms with E-state index >= 15 is 0 Å². The molecule has 1 aliphatic carbocycles. The fraction of sp³-hybridized carbons (Fsp3) is 0.467. The van der Waals surface area contributed by atoms with Gasteiger partial charge in [0.15, 0.2) is 0 Å². The molecule has 2 aliphatic rings. The van der Waals surface area contributed by atoms with E-state index in [1.807, 2.05) is 0 Å². The maximum Gasteiger partial charge on any atom is 0.00472 e. The van der Waals surface area contributed by atoms with Crippen molar-refractivity contribution in [2.24, 2.45) is 5.92 Å². The summed E-state index contributed by atoms with van der Waals surface area (Å²) in [4.78, 5) is 2.46. The molecule has 0 radical (unpaired) electrons. The quantitative estimate of drug-likeness (QED) is 0.599. The van der Waals surface area contributed by atoms with E-state index < -0.39 is 0 Å². The van der Waals surface area contributed by atoms with Crippen molar-refractivity contribution in [2.45, 2.75) is 18.8 Å². The molecule has 0 saturated carbocycles. The average Bonchev–Trinajstić information content (AvgIpc) is 2.47. The topological polar surface area (TPSA) is 3.24 Å². The second-order valence-electron chi connectivity index (χ2n) is 5.15. The highest BCUT2D eigenvalue weighted by molar-refractivity contribution is 5.35. The molecule has 84 valence electrons. The Kier molecular flexibility index (Phi) is 2.56. The first kappa shape index (κ1) is 10.1. The summed E-state index contributed by atoms with van der Waals surface area (Å²) < 4.78 is 0. The molecule has 0 spiro atoms. The van der Waals surface area contributed by atoms with Gasteiger partial charge in [0.05, 0.1) is 0 Å². The molecule has 1 nitrogen and oxygen atoms in total. The third kappa shape index (κ3) is 1.69. The summed E-state index contributed by atoms with van der Waals surface area (Å²) in [5.41, 5.74) is 3.14. The van der Waals surface area contributed by atoms with Crippen LogP contribution in [0.5, 0.6) is 0 Å². The molecule has 2 unspecified atom stereocenters. The van der Waals surface area contributed by atoms with E-state index in [9.17, 15) is 0 Å². The summed E-state index contributed by atoms with van der Waals surface area (Å²) in [6.07, 6.45) is 7.23. The van der Waals surface area contributed by atoms with E-state index in [1.165, 1.54) is 25.1 Å². The summed E-state index contributed by atoms with van der Waals surface area (Å²) in [6.45, 7) is 2.46. The number of benzene rings is 1. The Morgan fingerprint density at radius 3 is 3.06 bits per heavy atom. The fourth-order valence-electron chi connectivity index (χ4n) is 3.18. The van der Waals surface area contributed by atoms with E-state index in [-0.39, 0.29) is 0 Å². The number of fused-ring (bicyclic) bond motifs is 3. The van der Waals surface area contributed by atoms with Crippen molar-refractivity contribution in [1.82, 2.24) is 4.90 Å². The lowest BCUT2D eigenvalue weighted by Crippen LogP contribution is -2.36. The monoisotopic (exact) mass is 213 g/mol. The van der Waals surface area contributed by atoms with Gasteiger partial charge in [-0.15, -0.1) is 0 Å². The fourth-order valence-corrected chi connectivity index (χ4v) is 3.18. The van der Waals surface area contributed by atoms with E-state index in [4.69, 9.17) is 0 Å². The first-order valence-corrected chi connectivity index (χ1v) is 6.27. The van der Waals surface area contributed by atoms with Crippen LogP contribution in [0.4, 0.5) is 0 Å². The van der Waals surface area contributed by atoms with Gasteiger partial charge in [0, 0.05) is 6.54 Å². The van der Waals surface area contributed by atoms with Crippen molar-refractivity contribution in [3.63, 3.8) is 0 Å². The first-order chi connectivity index (χ1) is 7.84. The zero-order valence-electron chi connectivity index (χ0n) is 9.89. The first-order valence-electron chi connectivity index (χ1n) is 6.27. The number of allylic oxidation sites excluding steroid dienone is 1. The Morgan fingerprint density at radius 2 is 2.12 bits per heavy atom. The molecule has 0 bridgehead atoms. The lowest BCUT2D eigenvalue weighted by atomic mass is 9.80. The standard InChI is InChI=1S/C15H19N/c1-16-10-9-15-13(11-16)7-4-6-12-5-2-3-8-14(12)15/h2-5,7-8,13,15H,6,9-11H2,1H3. The van der Waals surface area contributed by atoms with Gasteiger partial charge in [-0.2, -0.15) is 0 Å². The number of piperidine rings is 1. The minimum Gasteiger partial charge on any atom is -0.306 e. The molecule has 1 fully saturated rings. The second kappa shape index (κ2) is 4.06. The largest absolute Gasteiger partial charge is 0.306 e. The molecule has 1 saturated heterocycles. The summed E-state index contributed by atoms with van der Waals surface area (Å²) in [5, 5.41) is 0. The Labute approximate surface area is 97.8 Å². The molecule has 0 aromatic heterocycles. The molecular weight excluding hydrogens is 194 g/mol. The molecule has 1 aromatic rings. The van der Waals surface area contributed by atoms with E-state index in [0.29, 0.717) is 0 Å². The predicted octanol–water partition coefficient (Wildman–Crippen LogP) is 2.83. The number of nitrogens with zero attached hydrogens (tertiary/aromatic N) is 1. The number of rotatable bonds is 0. The van der Waals surface area contributed by atoms with Crippen LogP contribution < -0.4 is 0 Å². The van der Waals surface area contributed by atoms with Crippen molar-refractivity contribution in [1.29, 1.82) is 0 Å². The van der Waals surface area contributed by atoms with Crippen LogP contribution in [0, 0.1) is 5.92 Å². The molecule has 1 heterocycles. The number of likely N-dealkylation sites (tertiary alicyclic amines) is 1. The molecular formula is C15H19N. The molecule has 0 N–H and O–H groups in total. The van der Waals surface area contributed by atoms with Crippen molar-refractivity contribution in [3.8, 4) is 0 Å². The van der Waals surface area contributed by atoms with Gasteiger partial charge in [-0.25, -0.2) is 0 Å². The SMILES string of the molecule is CN1CCC2c3ccccc3CC=CC2C1. The number of hydrogen-bond donors (Lipinski definition) is 0. The molecule has 1 aliphatic heterocycles. The summed E-state index contributed by atoms with van der Waals surface area (Å²) in [6, 6.07) is 8.99. The smallest absolute Gasteiger partial charge is 0.00472 e. The lowest BCUT2D eigenvalue weighted by Gasteiger charge is -2.35. The van der Waals surface area contributed by atoms with Crippen LogP contribution in [0.1, 0.15) is 23.5 Å². The Morgan fingerprint density at radius 1 is 1.25 bits per heavy atom. The highest BCUT2D eigenvalue weighted by atomic mass is 15.1. The number of hydrogen-bond acceptors (Lipinski definition) is 1. The van der Waals surface area contributed by atoms with Crippen LogP contribution in [-0.4, -0.2) is 25.0 Å². The van der Waals surface area contributed by atoms with Gasteiger partial charge < -0.3 is 4.90 Å². The summed E-state index contributed by atoms with van der Waals surface area (Å²) in [5.74, 6) is 1.48. The van der Waals surface area contributed by atoms with Crippen LogP contribution in [-0.2, 0) is 6.42 Å². The van der Waals surface area contributed by atoms with Crippen LogP contribution in [0.3, 0.4) is 0 Å². The Balaban J connectivity index is 1.99. The van der Waals surface area contributed by atoms with Gasteiger partial charge >= 0.3 is 0 Å². The molecule has 1 aromatic carbocycles. The highest BCUT2D eigenvalue weighted by Crippen LogP contribution is 2.37. The van der Waals surface area contributed by atoms with Crippen LogP contribution in [0.15, 0.2) is 36.4 Å². The third-order valence-corrected chi connectivity index (χ3v) is 4.04. The zero-order chi connectivity index (χ0) is 11.0. The van der Waals surface area contributed by atoms with Crippen molar-refractivity contribution < 1.29 is 0 Å². The normalized spacial score (nSPS) is 29.3. The van der Waals surface area contributed by atoms with E-state index in [1.54, 1.807) is 5.56 Å². The van der Waals surface area contributed by atoms with Crippen molar-refractivity contribution >= 4 is 0 Å². The van der Waals surface area contributed by atoms with Crippen LogP contribution in [0.2, 0.25) is 0 Å². The summed E-state index contributed by atoms with van der Waals surface area (Å²) in [7, 11) is 2.24. The maximum atomic E-state index is 2.46. The van der Waals surface area contributed by atoms with Gasteiger partial charge in [0.25, 0.3) is 0 Å². The van der Waals surface area contributed by atoms with E-state index in [2.05, 4.69) is 48.4 Å². The van der Waals surface area contributed by atoms with Gasteiger partial charge in [-0.05, 0) is 49.4 Å². The van der Waals surface area contributed by atoms with Gasteiger partial charge in [-0.3, -0.25) is 0 Å². The molecule has 0 amide bonds. The maximum absolute atomic E-state index is 2.46. The second-order valence-corrected chi connectivity index (χ2v) is 5.15. The van der Waals surface area contributed by atoms with Crippen LogP contribution >= 0.6 is 0 Å². The minimum absolute atomic E-state index is 0.724. The Bertz CT molecular complexity index is 408. The molecule has 2 atom stereocenters. The predicted molar refractivity (Wildman–Crippen MR) is 67.6 cm³/mol. The Hall–Kier alpha value is -1.08. The minimum atomic E-state index is 0.724. The highest BCUT2D eigenvalue weighted by Gasteiger charge is 2.29. The van der Waals surface area contributed by atoms with Gasteiger partial charge in [0.2, 0.25) is 0 Å². The molecule has 3 rings (SSSR count). The van der Waals surface area contributed by atoms with Crippen LogP contribution in [0.25, 0.3) is 0 Å². The zero-order valence-corrected chi connectivity index (χ0v) is 9.89.